The molecule has 0 unspecified atom stereocenters. The maximum atomic E-state index is 11.0. The standard InChI is InChI=1S/C16H24N2O2/c1-11-5-7-12(8-6-11)9-10-18-14-4-2-3-13(15(14)17)16(19)20/h2-4,11-12,18H,5-10,17H2,1H3,(H,19,20). The fraction of sp³-hybridized carbons (Fsp3) is 0.562. The second kappa shape index (κ2) is 6.64. The van der Waals surface area contributed by atoms with Gasteiger partial charge in [-0.15, -0.1) is 0 Å². The van der Waals surface area contributed by atoms with Crippen molar-refractivity contribution in [2.45, 2.75) is 39.0 Å². The molecule has 0 bridgehead atoms. The van der Waals surface area contributed by atoms with Gasteiger partial charge in [-0.2, -0.15) is 0 Å². The second-order valence-electron chi connectivity index (χ2n) is 5.91. The largest absolute Gasteiger partial charge is 0.478 e. The average molecular weight is 276 g/mol. The zero-order chi connectivity index (χ0) is 14.5. The van der Waals surface area contributed by atoms with Crippen molar-refractivity contribution in [1.82, 2.24) is 0 Å². The summed E-state index contributed by atoms with van der Waals surface area (Å²) in [7, 11) is 0. The highest BCUT2D eigenvalue weighted by molar-refractivity contribution is 5.97. The molecule has 1 aromatic rings. The minimum Gasteiger partial charge on any atom is -0.478 e. The molecule has 1 fully saturated rings. The molecule has 4 N–H and O–H groups in total. The van der Waals surface area contributed by atoms with Crippen LogP contribution >= 0.6 is 0 Å². The number of benzene rings is 1. The van der Waals surface area contributed by atoms with E-state index >= 15 is 0 Å². The lowest BCUT2D eigenvalue weighted by Gasteiger charge is -2.26. The monoisotopic (exact) mass is 276 g/mol. The van der Waals surface area contributed by atoms with Gasteiger partial charge in [0.2, 0.25) is 0 Å². The van der Waals surface area contributed by atoms with Gasteiger partial charge in [0.15, 0.2) is 0 Å². The number of anilines is 2. The van der Waals surface area contributed by atoms with E-state index in [9.17, 15) is 4.79 Å². The van der Waals surface area contributed by atoms with E-state index in [2.05, 4.69) is 12.2 Å². The van der Waals surface area contributed by atoms with Gasteiger partial charge in [-0.25, -0.2) is 4.79 Å². The Bertz CT molecular complexity index is 466. The zero-order valence-electron chi connectivity index (χ0n) is 12.1. The summed E-state index contributed by atoms with van der Waals surface area (Å²) >= 11 is 0. The third-order valence-electron chi connectivity index (χ3n) is 4.34. The number of carboxylic acids is 1. The maximum absolute atomic E-state index is 11.0. The Morgan fingerprint density at radius 3 is 2.70 bits per heavy atom. The number of rotatable bonds is 5. The fourth-order valence-electron chi connectivity index (χ4n) is 2.93. The first-order valence-electron chi connectivity index (χ1n) is 7.43. The smallest absolute Gasteiger partial charge is 0.337 e. The molecule has 1 aliphatic carbocycles. The molecule has 1 saturated carbocycles. The molecule has 110 valence electrons. The third kappa shape index (κ3) is 3.65. The summed E-state index contributed by atoms with van der Waals surface area (Å²) in [6.07, 6.45) is 6.42. The molecule has 1 aliphatic rings. The first-order valence-corrected chi connectivity index (χ1v) is 7.43. The van der Waals surface area contributed by atoms with Gasteiger partial charge < -0.3 is 16.2 Å². The van der Waals surface area contributed by atoms with E-state index in [0.29, 0.717) is 5.69 Å². The number of nitrogens with one attached hydrogen (secondary N) is 1. The van der Waals surface area contributed by atoms with Crippen LogP contribution in [0.25, 0.3) is 0 Å². The number of aromatic carboxylic acids is 1. The van der Waals surface area contributed by atoms with Crippen LogP contribution in [-0.4, -0.2) is 17.6 Å². The lowest BCUT2D eigenvalue weighted by atomic mass is 9.81. The summed E-state index contributed by atoms with van der Waals surface area (Å²) in [5.41, 5.74) is 7.11. The van der Waals surface area contributed by atoms with E-state index in [4.69, 9.17) is 10.8 Å². The van der Waals surface area contributed by atoms with Crippen LogP contribution in [0.5, 0.6) is 0 Å². The van der Waals surface area contributed by atoms with Gasteiger partial charge in [0, 0.05) is 6.54 Å². The molecule has 0 heterocycles. The van der Waals surface area contributed by atoms with Crippen molar-refractivity contribution in [2.24, 2.45) is 11.8 Å². The van der Waals surface area contributed by atoms with Crippen LogP contribution in [0.15, 0.2) is 18.2 Å². The molecule has 0 aromatic heterocycles. The van der Waals surface area contributed by atoms with Crippen LogP contribution in [0.2, 0.25) is 0 Å². The minimum absolute atomic E-state index is 0.168. The van der Waals surface area contributed by atoms with Crippen LogP contribution in [0.3, 0.4) is 0 Å². The molecule has 2 rings (SSSR count). The predicted molar refractivity (Wildman–Crippen MR) is 82.0 cm³/mol. The summed E-state index contributed by atoms with van der Waals surface area (Å²) in [6.45, 7) is 3.18. The van der Waals surface area contributed by atoms with Gasteiger partial charge in [0.05, 0.1) is 16.9 Å². The Kier molecular flexibility index (Phi) is 4.88. The zero-order valence-corrected chi connectivity index (χ0v) is 12.1. The SMILES string of the molecule is CC1CCC(CCNc2cccc(C(=O)O)c2N)CC1. The number of carbonyl (C=O) groups is 1. The average Bonchev–Trinajstić information content (AvgIpc) is 2.42. The first-order chi connectivity index (χ1) is 9.58. The van der Waals surface area contributed by atoms with Gasteiger partial charge in [-0.1, -0.05) is 38.7 Å². The first kappa shape index (κ1) is 14.7. The number of hydrogen-bond acceptors (Lipinski definition) is 3. The Balaban J connectivity index is 1.85. The molecule has 1 aromatic carbocycles. The van der Waals surface area contributed by atoms with Crippen LogP contribution in [0, 0.1) is 11.8 Å². The van der Waals surface area contributed by atoms with E-state index < -0.39 is 5.97 Å². The highest BCUT2D eigenvalue weighted by Crippen LogP contribution is 2.30. The van der Waals surface area contributed by atoms with Crippen molar-refractivity contribution >= 4 is 17.3 Å². The summed E-state index contributed by atoms with van der Waals surface area (Å²) in [5.74, 6) is 0.692. The van der Waals surface area contributed by atoms with E-state index in [1.165, 1.54) is 31.7 Å². The van der Waals surface area contributed by atoms with Crippen molar-refractivity contribution in [1.29, 1.82) is 0 Å². The summed E-state index contributed by atoms with van der Waals surface area (Å²) in [5, 5.41) is 12.3. The molecule has 4 nitrogen and oxygen atoms in total. The fourth-order valence-corrected chi connectivity index (χ4v) is 2.93. The Morgan fingerprint density at radius 1 is 1.35 bits per heavy atom. The molecule has 20 heavy (non-hydrogen) atoms. The minimum atomic E-state index is -0.979. The van der Waals surface area contributed by atoms with Crippen molar-refractivity contribution in [2.75, 3.05) is 17.6 Å². The Hall–Kier alpha value is -1.71. The lowest BCUT2D eigenvalue weighted by Crippen LogP contribution is -2.16. The highest BCUT2D eigenvalue weighted by atomic mass is 16.4. The highest BCUT2D eigenvalue weighted by Gasteiger charge is 2.18. The van der Waals surface area contributed by atoms with Gasteiger partial charge in [-0.3, -0.25) is 0 Å². The summed E-state index contributed by atoms with van der Waals surface area (Å²) < 4.78 is 0. The van der Waals surface area contributed by atoms with Crippen molar-refractivity contribution in [3.63, 3.8) is 0 Å². The van der Waals surface area contributed by atoms with Crippen LogP contribution in [0.1, 0.15) is 49.4 Å². The number of hydrogen-bond donors (Lipinski definition) is 3. The van der Waals surface area contributed by atoms with Gasteiger partial charge >= 0.3 is 5.97 Å². The molecule has 4 heteroatoms. The van der Waals surface area contributed by atoms with Crippen molar-refractivity contribution in [3.05, 3.63) is 23.8 Å². The molecular formula is C16H24N2O2. The third-order valence-corrected chi connectivity index (χ3v) is 4.34. The van der Waals surface area contributed by atoms with Crippen LogP contribution in [0.4, 0.5) is 11.4 Å². The normalized spacial score (nSPS) is 22.4. The van der Waals surface area contributed by atoms with Gasteiger partial charge in [0.25, 0.3) is 0 Å². The summed E-state index contributed by atoms with van der Waals surface area (Å²) in [4.78, 5) is 11.0. The molecule has 0 spiro atoms. The maximum Gasteiger partial charge on any atom is 0.337 e. The topological polar surface area (TPSA) is 75.3 Å². The Labute approximate surface area is 120 Å². The van der Waals surface area contributed by atoms with Crippen molar-refractivity contribution < 1.29 is 9.90 Å². The molecule has 0 atom stereocenters. The Morgan fingerprint density at radius 2 is 2.05 bits per heavy atom. The van der Waals surface area contributed by atoms with E-state index in [1.54, 1.807) is 6.07 Å². The van der Waals surface area contributed by atoms with E-state index in [-0.39, 0.29) is 5.56 Å². The lowest BCUT2D eigenvalue weighted by molar-refractivity contribution is 0.0698. The van der Waals surface area contributed by atoms with Crippen LogP contribution < -0.4 is 11.1 Å². The quantitative estimate of drug-likeness (QED) is 0.718. The number of nitrogen functional groups attached to an aromatic ring is 1. The molecular weight excluding hydrogens is 252 g/mol. The molecule has 0 aliphatic heterocycles. The van der Waals surface area contributed by atoms with Crippen LogP contribution in [-0.2, 0) is 0 Å². The number of para-hydroxylation sites is 1. The van der Waals surface area contributed by atoms with Crippen molar-refractivity contribution in [3.8, 4) is 0 Å². The second-order valence-corrected chi connectivity index (χ2v) is 5.91. The summed E-state index contributed by atoms with van der Waals surface area (Å²) in [6, 6.07) is 5.10. The van der Waals surface area contributed by atoms with Gasteiger partial charge in [0.1, 0.15) is 0 Å². The molecule has 0 radical (unpaired) electrons. The van der Waals surface area contributed by atoms with Gasteiger partial charge in [-0.05, 0) is 30.4 Å². The van der Waals surface area contributed by atoms with E-state index in [0.717, 1.165) is 30.5 Å². The number of nitrogens with two attached hydrogens (primary N) is 1. The number of carboxylic acid groups (broad SMARTS) is 1. The molecule has 0 saturated heterocycles. The molecule has 0 amide bonds. The predicted octanol–water partition coefficient (Wildman–Crippen LogP) is 3.60. The van der Waals surface area contributed by atoms with E-state index in [1.807, 2.05) is 6.07 Å².